The molecule has 102 valence electrons. The van der Waals surface area contributed by atoms with E-state index in [2.05, 4.69) is 0 Å². The summed E-state index contributed by atoms with van der Waals surface area (Å²) < 4.78 is 5.37. The molecule has 2 amide bonds. The summed E-state index contributed by atoms with van der Waals surface area (Å²) in [4.78, 5) is 33.0. The average molecular weight is 258 g/mol. The quantitative estimate of drug-likeness (QED) is 0.486. The molecule has 1 heterocycles. The molecule has 0 aliphatic carbocycles. The molecule has 0 saturated carbocycles. The third kappa shape index (κ3) is 5.55. The Morgan fingerprint density at radius 1 is 1.39 bits per heavy atom. The molecule has 1 aliphatic heterocycles. The van der Waals surface area contributed by atoms with Crippen LogP contribution >= 0.6 is 0 Å². The number of ether oxygens (including phenoxy) is 1. The second kappa shape index (κ2) is 9.32. The first-order valence-corrected chi connectivity index (χ1v) is 5.37. The maximum Gasteiger partial charge on any atom is 0.251 e. The van der Waals surface area contributed by atoms with Crippen LogP contribution in [-0.4, -0.2) is 55.1 Å². The molecule has 1 aliphatic rings. The van der Waals surface area contributed by atoms with Crippen molar-refractivity contribution in [1.29, 1.82) is 0 Å². The molecular weight excluding hydrogens is 240 g/mol. The van der Waals surface area contributed by atoms with Crippen LogP contribution in [0.25, 0.3) is 0 Å². The number of nitrogens with zero attached hydrogens (tertiary/aromatic N) is 1. The largest absolute Gasteiger partial charge is 0.400 e. The highest BCUT2D eigenvalue weighted by molar-refractivity contribution is 5.94. The molecular formula is C11H18N2O5. The van der Waals surface area contributed by atoms with Crippen LogP contribution in [0.5, 0.6) is 0 Å². The van der Waals surface area contributed by atoms with Crippen LogP contribution in [0.3, 0.4) is 0 Å². The first-order chi connectivity index (χ1) is 8.67. The summed E-state index contributed by atoms with van der Waals surface area (Å²) in [5.41, 5.74) is 0. The molecule has 2 N–H and O–H groups in total. The van der Waals surface area contributed by atoms with E-state index in [9.17, 15) is 14.4 Å². The second-order valence-electron chi connectivity index (χ2n) is 3.45. The monoisotopic (exact) mass is 258 g/mol. The van der Waals surface area contributed by atoms with Gasteiger partial charge in [-0.05, 0) is 12.8 Å². The Hall–Kier alpha value is -1.73. The predicted octanol–water partition coefficient (Wildman–Crippen LogP) is -0.983. The number of amides is 2. The topological polar surface area (TPSA) is 95.9 Å². The van der Waals surface area contributed by atoms with Gasteiger partial charge in [0.2, 0.25) is 6.41 Å². The molecule has 1 rings (SSSR count). The summed E-state index contributed by atoms with van der Waals surface area (Å²) in [5.74, 6) is -0.494. The van der Waals surface area contributed by atoms with Crippen LogP contribution in [0.2, 0.25) is 0 Å². The summed E-state index contributed by atoms with van der Waals surface area (Å²) >= 11 is 0. The maximum atomic E-state index is 10.9. The zero-order valence-corrected chi connectivity index (χ0v) is 10.4. The SMILES string of the molecule is CN(/C=C\C(=O)NC=O)C1CCC(C=O)O1.CO. The lowest BCUT2D eigenvalue weighted by molar-refractivity contribution is -0.122. The van der Waals surface area contributed by atoms with Crippen LogP contribution in [0.1, 0.15) is 12.8 Å². The lowest BCUT2D eigenvalue weighted by atomic mass is 10.2. The van der Waals surface area contributed by atoms with E-state index in [1.165, 1.54) is 12.3 Å². The van der Waals surface area contributed by atoms with Crippen LogP contribution in [0, 0.1) is 0 Å². The van der Waals surface area contributed by atoms with Crippen LogP contribution < -0.4 is 5.32 Å². The minimum atomic E-state index is -0.494. The lowest BCUT2D eigenvalue weighted by Crippen LogP contribution is -2.28. The van der Waals surface area contributed by atoms with E-state index in [0.717, 1.165) is 19.8 Å². The third-order valence-electron chi connectivity index (χ3n) is 2.30. The van der Waals surface area contributed by atoms with E-state index in [1.54, 1.807) is 11.9 Å². The summed E-state index contributed by atoms with van der Waals surface area (Å²) in [6.07, 6.45) is 4.70. The highest BCUT2D eigenvalue weighted by Gasteiger charge is 2.26. The molecule has 0 aromatic rings. The Kier molecular flexibility index (Phi) is 8.42. The van der Waals surface area contributed by atoms with E-state index in [1.807, 2.05) is 5.32 Å². The van der Waals surface area contributed by atoms with Gasteiger partial charge in [0.15, 0.2) is 0 Å². The first-order valence-electron chi connectivity index (χ1n) is 5.37. The minimum absolute atomic E-state index is 0.199. The summed E-state index contributed by atoms with van der Waals surface area (Å²) in [6.45, 7) is 0. The third-order valence-corrected chi connectivity index (χ3v) is 2.30. The molecule has 0 bridgehead atoms. The van der Waals surface area contributed by atoms with Crippen molar-refractivity contribution in [2.45, 2.75) is 25.2 Å². The van der Waals surface area contributed by atoms with Crippen molar-refractivity contribution in [3.8, 4) is 0 Å². The van der Waals surface area contributed by atoms with Gasteiger partial charge in [-0.1, -0.05) is 0 Å². The average Bonchev–Trinajstić information content (AvgIpc) is 2.87. The summed E-state index contributed by atoms with van der Waals surface area (Å²) in [6, 6.07) is 0. The van der Waals surface area contributed by atoms with Gasteiger partial charge in [0.25, 0.3) is 5.91 Å². The Morgan fingerprint density at radius 3 is 2.56 bits per heavy atom. The van der Waals surface area contributed by atoms with Crippen molar-refractivity contribution < 1.29 is 24.2 Å². The molecule has 18 heavy (non-hydrogen) atoms. The molecule has 1 fully saturated rings. The van der Waals surface area contributed by atoms with E-state index in [4.69, 9.17) is 9.84 Å². The van der Waals surface area contributed by atoms with Gasteiger partial charge in [-0.3, -0.25) is 14.9 Å². The van der Waals surface area contributed by atoms with Crippen molar-refractivity contribution >= 4 is 18.6 Å². The summed E-state index contributed by atoms with van der Waals surface area (Å²) in [7, 11) is 2.74. The number of aliphatic hydroxyl groups excluding tert-OH is 1. The molecule has 0 aromatic carbocycles. The Morgan fingerprint density at radius 2 is 2.06 bits per heavy atom. The zero-order chi connectivity index (χ0) is 14.0. The number of aliphatic hydroxyl groups is 1. The van der Waals surface area contributed by atoms with Gasteiger partial charge < -0.3 is 19.5 Å². The molecule has 0 aromatic heterocycles. The van der Waals surface area contributed by atoms with Crippen molar-refractivity contribution in [3.05, 3.63) is 12.3 Å². The fourth-order valence-corrected chi connectivity index (χ4v) is 1.43. The number of rotatable bonds is 5. The normalized spacial score (nSPS) is 21.9. The van der Waals surface area contributed by atoms with Crippen LogP contribution in [0.4, 0.5) is 0 Å². The molecule has 0 spiro atoms. The van der Waals surface area contributed by atoms with E-state index in [0.29, 0.717) is 12.8 Å². The lowest BCUT2D eigenvalue weighted by Gasteiger charge is -2.21. The number of nitrogens with one attached hydrogen (secondary N) is 1. The number of carbonyl (C=O) groups excluding carboxylic acids is 3. The van der Waals surface area contributed by atoms with E-state index >= 15 is 0 Å². The van der Waals surface area contributed by atoms with E-state index in [-0.39, 0.29) is 12.3 Å². The van der Waals surface area contributed by atoms with Gasteiger partial charge in [-0.25, -0.2) is 0 Å². The Balaban J connectivity index is 0.00000137. The van der Waals surface area contributed by atoms with Crippen molar-refractivity contribution in [1.82, 2.24) is 10.2 Å². The number of hydrogen-bond acceptors (Lipinski definition) is 6. The van der Waals surface area contributed by atoms with Crippen molar-refractivity contribution in [2.24, 2.45) is 0 Å². The van der Waals surface area contributed by atoms with Crippen molar-refractivity contribution in [2.75, 3.05) is 14.2 Å². The highest BCUT2D eigenvalue weighted by atomic mass is 16.5. The molecule has 1 saturated heterocycles. The fraction of sp³-hybridized carbons (Fsp3) is 0.545. The number of hydrogen-bond donors (Lipinski definition) is 2. The zero-order valence-electron chi connectivity index (χ0n) is 10.4. The molecule has 7 nitrogen and oxygen atoms in total. The predicted molar refractivity (Wildman–Crippen MR) is 63.2 cm³/mol. The van der Waals surface area contributed by atoms with E-state index < -0.39 is 5.91 Å². The second-order valence-corrected chi connectivity index (χ2v) is 3.45. The van der Waals surface area contributed by atoms with Crippen molar-refractivity contribution in [3.63, 3.8) is 0 Å². The molecule has 2 atom stereocenters. The van der Waals surface area contributed by atoms with Gasteiger partial charge >= 0.3 is 0 Å². The van der Waals surface area contributed by atoms with Gasteiger partial charge in [0.05, 0.1) is 0 Å². The number of aldehydes is 1. The standard InChI is InChI=1S/C10H14N2O4.CH4O/c1-12(5-4-9(15)11-7-14)10-3-2-8(6-13)16-10;1-2/h4-8,10H,2-3H2,1H3,(H,11,14,15);2H,1H3/b5-4-;. The van der Waals surface area contributed by atoms with Crippen LogP contribution in [-0.2, 0) is 19.1 Å². The van der Waals surface area contributed by atoms with Crippen LogP contribution in [0.15, 0.2) is 12.3 Å². The molecule has 2 unspecified atom stereocenters. The maximum absolute atomic E-state index is 10.9. The van der Waals surface area contributed by atoms with Gasteiger partial charge in [-0.15, -0.1) is 0 Å². The first kappa shape index (κ1) is 16.3. The highest BCUT2D eigenvalue weighted by Crippen LogP contribution is 2.20. The fourth-order valence-electron chi connectivity index (χ4n) is 1.43. The van der Waals surface area contributed by atoms with Gasteiger partial charge in [0, 0.05) is 26.4 Å². The number of carbonyl (C=O) groups is 3. The van der Waals surface area contributed by atoms with Gasteiger partial charge in [0.1, 0.15) is 18.6 Å². The minimum Gasteiger partial charge on any atom is -0.400 e. The van der Waals surface area contributed by atoms with Gasteiger partial charge in [-0.2, -0.15) is 0 Å². The Bertz CT molecular complexity index is 306. The molecule has 7 heteroatoms. The summed E-state index contributed by atoms with van der Waals surface area (Å²) in [5, 5.41) is 8.98. The Labute approximate surface area is 105 Å². The number of imide groups is 1. The smallest absolute Gasteiger partial charge is 0.251 e. The molecule has 0 radical (unpaired) electrons.